The molecule has 0 bridgehead atoms. The van der Waals surface area contributed by atoms with Crippen LogP contribution in [0.25, 0.3) is 10.9 Å². The first-order valence-electron chi connectivity index (χ1n) is 8.00. The number of nitrogens with zero attached hydrogens (tertiary/aromatic N) is 1. The van der Waals surface area contributed by atoms with Crippen molar-refractivity contribution in [1.29, 1.82) is 0 Å². The van der Waals surface area contributed by atoms with Crippen LogP contribution in [0.2, 0.25) is 0 Å². The number of nitrogens with one attached hydrogen (secondary N) is 1. The third-order valence-corrected chi connectivity index (χ3v) is 5.20. The fourth-order valence-electron chi connectivity index (χ4n) is 3.49. The summed E-state index contributed by atoms with van der Waals surface area (Å²) in [5.41, 5.74) is 1.16. The minimum absolute atomic E-state index is 0.00136. The quantitative estimate of drug-likeness (QED) is 0.911. The van der Waals surface area contributed by atoms with Crippen molar-refractivity contribution in [2.75, 3.05) is 13.1 Å². The first kappa shape index (κ1) is 15.6. The predicted molar refractivity (Wildman–Crippen MR) is 88.1 cm³/mol. The smallest absolute Gasteiger partial charge is 0.311 e. The number of aliphatic carboxylic acids is 1. The summed E-state index contributed by atoms with van der Waals surface area (Å²) in [4.78, 5) is 29.2. The fraction of sp³-hybridized carbons (Fsp3) is 0.444. The van der Waals surface area contributed by atoms with Crippen molar-refractivity contribution in [3.05, 3.63) is 36.0 Å². The third-order valence-electron chi connectivity index (χ3n) is 5.20. The van der Waals surface area contributed by atoms with E-state index < -0.39 is 11.4 Å². The van der Waals surface area contributed by atoms with Gasteiger partial charge in [-0.2, -0.15) is 0 Å². The topological polar surface area (TPSA) is 73.4 Å². The standard InChI is InChI=1S/C18H22N2O3/c1-12(2)18(17(22)23)7-8-20(11-18)16(21)9-13-10-19-15-6-4-3-5-14(13)15/h3-6,10,12,19H,7-9,11H2,1-2H3,(H,22,23). The number of amides is 1. The first-order chi connectivity index (χ1) is 10.9. The molecule has 122 valence electrons. The molecule has 0 aliphatic carbocycles. The molecule has 0 spiro atoms. The average Bonchev–Trinajstić information content (AvgIpc) is 3.13. The van der Waals surface area contributed by atoms with Crippen LogP contribution in [-0.4, -0.2) is 40.0 Å². The number of hydrogen-bond donors (Lipinski definition) is 2. The number of benzene rings is 1. The van der Waals surface area contributed by atoms with Crippen molar-refractivity contribution in [1.82, 2.24) is 9.88 Å². The van der Waals surface area contributed by atoms with Gasteiger partial charge in [-0.05, 0) is 24.0 Å². The van der Waals surface area contributed by atoms with Gasteiger partial charge in [0.25, 0.3) is 0 Å². The first-order valence-corrected chi connectivity index (χ1v) is 8.00. The van der Waals surface area contributed by atoms with Crippen LogP contribution < -0.4 is 0 Å². The van der Waals surface area contributed by atoms with Crippen molar-refractivity contribution >= 4 is 22.8 Å². The van der Waals surface area contributed by atoms with Gasteiger partial charge in [-0.15, -0.1) is 0 Å². The largest absolute Gasteiger partial charge is 0.481 e. The lowest BCUT2D eigenvalue weighted by Gasteiger charge is -2.28. The van der Waals surface area contributed by atoms with Crippen molar-refractivity contribution in [2.24, 2.45) is 11.3 Å². The number of carboxylic acids is 1. The molecule has 1 unspecified atom stereocenters. The maximum atomic E-state index is 12.6. The van der Waals surface area contributed by atoms with Gasteiger partial charge in [0.2, 0.25) is 5.91 Å². The number of para-hydroxylation sites is 1. The summed E-state index contributed by atoms with van der Waals surface area (Å²) in [7, 11) is 0. The zero-order valence-corrected chi connectivity index (χ0v) is 13.5. The van der Waals surface area contributed by atoms with E-state index in [4.69, 9.17) is 0 Å². The Morgan fingerprint density at radius 1 is 1.35 bits per heavy atom. The Bertz CT molecular complexity index is 750. The number of rotatable bonds is 4. The van der Waals surface area contributed by atoms with Crippen LogP contribution in [0.3, 0.4) is 0 Å². The molecule has 0 saturated carbocycles. The lowest BCUT2D eigenvalue weighted by Crippen LogP contribution is -2.41. The van der Waals surface area contributed by atoms with Crippen LogP contribution in [0, 0.1) is 11.3 Å². The number of fused-ring (bicyclic) bond motifs is 1. The van der Waals surface area contributed by atoms with Gasteiger partial charge < -0.3 is 15.0 Å². The molecular weight excluding hydrogens is 292 g/mol. The van der Waals surface area contributed by atoms with Crippen LogP contribution in [0.1, 0.15) is 25.8 Å². The van der Waals surface area contributed by atoms with Gasteiger partial charge in [0.05, 0.1) is 11.8 Å². The molecule has 1 aliphatic rings. The second kappa shape index (κ2) is 5.72. The minimum Gasteiger partial charge on any atom is -0.481 e. The summed E-state index contributed by atoms with van der Waals surface area (Å²) >= 11 is 0. The van der Waals surface area contributed by atoms with E-state index in [1.165, 1.54) is 0 Å². The van der Waals surface area contributed by atoms with Gasteiger partial charge in [0, 0.05) is 30.2 Å². The molecule has 23 heavy (non-hydrogen) atoms. The Labute approximate surface area is 135 Å². The van der Waals surface area contributed by atoms with Gasteiger partial charge in [-0.25, -0.2) is 0 Å². The van der Waals surface area contributed by atoms with E-state index in [9.17, 15) is 14.7 Å². The van der Waals surface area contributed by atoms with E-state index >= 15 is 0 Å². The Morgan fingerprint density at radius 3 is 2.74 bits per heavy atom. The molecule has 5 heteroatoms. The maximum absolute atomic E-state index is 12.6. The molecule has 1 saturated heterocycles. The number of carbonyl (C=O) groups is 2. The Hall–Kier alpha value is -2.30. The molecule has 3 rings (SSSR count). The summed E-state index contributed by atoms with van der Waals surface area (Å²) in [5, 5.41) is 10.6. The molecular formula is C18H22N2O3. The van der Waals surface area contributed by atoms with E-state index in [0.29, 0.717) is 25.9 Å². The highest BCUT2D eigenvalue weighted by atomic mass is 16.4. The van der Waals surface area contributed by atoms with Crippen LogP contribution in [-0.2, 0) is 16.0 Å². The zero-order valence-electron chi connectivity index (χ0n) is 13.5. The van der Waals surface area contributed by atoms with E-state index in [2.05, 4.69) is 4.98 Å². The second-order valence-electron chi connectivity index (χ2n) is 6.72. The van der Waals surface area contributed by atoms with Gasteiger partial charge in [0.15, 0.2) is 0 Å². The van der Waals surface area contributed by atoms with Crippen molar-refractivity contribution < 1.29 is 14.7 Å². The predicted octanol–water partition coefficient (Wildman–Crippen LogP) is 2.67. The van der Waals surface area contributed by atoms with Crippen LogP contribution >= 0.6 is 0 Å². The van der Waals surface area contributed by atoms with Gasteiger partial charge in [0.1, 0.15) is 0 Å². The molecule has 0 radical (unpaired) electrons. The van der Waals surface area contributed by atoms with Crippen LogP contribution in [0.15, 0.2) is 30.5 Å². The normalized spacial score (nSPS) is 21.3. The number of carboxylic acid groups (broad SMARTS) is 1. The van der Waals surface area contributed by atoms with E-state index in [0.717, 1.165) is 16.5 Å². The Morgan fingerprint density at radius 2 is 2.09 bits per heavy atom. The van der Waals surface area contributed by atoms with E-state index in [1.807, 2.05) is 44.3 Å². The molecule has 1 aromatic carbocycles. The summed E-state index contributed by atoms with van der Waals surface area (Å²) in [6, 6.07) is 7.88. The van der Waals surface area contributed by atoms with E-state index in [-0.39, 0.29) is 11.8 Å². The van der Waals surface area contributed by atoms with Gasteiger partial charge in [-0.3, -0.25) is 9.59 Å². The molecule has 2 heterocycles. The molecule has 1 atom stereocenters. The molecule has 2 aromatic rings. The number of hydrogen-bond acceptors (Lipinski definition) is 2. The number of aromatic amines is 1. The van der Waals surface area contributed by atoms with Crippen molar-refractivity contribution in [3.63, 3.8) is 0 Å². The molecule has 1 amide bonds. The Balaban J connectivity index is 1.76. The van der Waals surface area contributed by atoms with Gasteiger partial charge >= 0.3 is 5.97 Å². The number of likely N-dealkylation sites (tertiary alicyclic amines) is 1. The molecule has 1 aliphatic heterocycles. The Kier molecular flexibility index (Phi) is 3.88. The zero-order chi connectivity index (χ0) is 16.6. The molecule has 2 N–H and O–H groups in total. The highest BCUT2D eigenvalue weighted by Crippen LogP contribution is 2.38. The van der Waals surface area contributed by atoms with Crippen molar-refractivity contribution in [3.8, 4) is 0 Å². The third kappa shape index (κ3) is 2.60. The van der Waals surface area contributed by atoms with Crippen LogP contribution in [0.5, 0.6) is 0 Å². The number of aromatic nitrogens is 1. The summed E-state index contributed by atoms with van der Waals surface area (Å²) in [5.74, 6) is -0.792. The molecule has 1 aromatic heterocycles. The molecule has 5 nitrogen and oxygen atoms in total. The summed E-state index contributed by atoms with van der Waals surface area (Å²) in [6.07, 6.45) is 2.70. The lowest BCUT2D eigenvalue weighted by molar-refractivity contribution is -0.151. The number of carbonyl (C=O) groups excluding carboxylic acids is 1. The SMILES string of the molecule is CC(C)C1(C(=O)O)CCN(C(=O)Cc2c[nH]c3ccccc23)C1. The fourth-order valence-corrected chi connectivity index (χ4v) is 3.49. The lowest BCUT2D eigenvalue weighted by atomic mass is 9.76. The second-order valence-corrected chi connectivity index (χ2v) is 6.72. The highest BCUT2D eigenvalue weighted by molar-refractivity contribution is 5.89. The monoisotopic (exact) mass is 314 g/mol. The summed E-state index contributed by atoms with van der Waals surface area (Å²) in [6.45, 7) is 4.66. The van der Waals surface area contributed by atoms with Crippen LogP contribution in [0.4, 0.5) is 0 Å². The minimum atomic E-state index is -0.810. The van der Waals surface area contributed by atoms with E-state index in [1.54, 1.807) is 4.90 Å². The number of H-pyrrole nitrogens is 1. The highest BCUT2D eigenvalue weighted by Gasteiger charge is 2.48. The van der Waals surface area contributed by atoms with Crippen molar-refractivity contribution in [2.45, 2.75) is 26.7 Å². The maximum Gasteiger partial charge on any atom is 0.311 e. The molecule has 1 fully saturated rings. The van der Waals surface area contributed by atoms with Gasteiger partial charge in [-0.1, -0.05) is 32.0 Å². The average molecular weight is 314 g/mol. The summed E-state index contributed by atoms with van der Waals surface area (Å²) < 4.78 is 0.